The molecule has 0 spiro atoms. The number of alkyl halides is 3. The van der Waals surface area contributed by atoms with Crippen molar-refractivity contribution in [2.24, 2.45) is 0 Å². The van der Waals surface area contributed by atoms with Crippen molar-refractivity contribution in [2.75, 3.05) is 0 Å². The smallest absolute Gasteiger partial charge is 0.171 e. The average Bonchev–Trinajstić information content (AvgIpc) is 1.96. The summed E-state index contributed by atoms with van der Waals surface area (Å²) in [6, 6.07) is 0. The van der Waals surface area contributed by atoms with E-state index in [4.69, 9.17) is 0 Å². The lowest BCUT2D eigenvalue weighted by Crippen LogP contribution is -2.06. The molecule has 68 valence electrons. The normalized spacial score (nSPS) is 12.8. The number of hydrogen-bond donors (Lipinski definition) is 0. The molecule has 0 bridgehead atoms. The van der Waals surface area contributed by atoms with Gasteiger partial charge in [-0.05, 0) is 12.0 Å². The van der Waals surface area contributed by atoms with E-state index in [2.05, 4.69) is 13.2 Å². The number of rotatable bonds is 4. The summed E-state index contributed by atoms with van der Waals surface area (Å²) in [4.78, 5) is 0. The van der Waals surface area contributed by atoms with Gasteiger partial charge in [0.1, 0.15) is 0 Å². The number of halogens is 3. The van der Waals surface area contributed by atoms with Crippen molar-refractivity contribution in [1.29, 1.82) is 0 Å². The summed E-state index contributed by atoms with van der Waals surface area (Å²) in [7, 11) is 0. The van der Waals surface area contributed by atoms with Gasteiger partial charge in [0.15, 0.2) is 0 Å². The van der Waals surface area contributed by atoms with Crippen LogP contribution in [-0.4, -0.2) is 6.18 Å². The zero-order valence-electron chi connectivity index (χ0n) is 6.69. The van der Waals surface area contributed by atoms with Crippen molar-refractivity contribution >= 4 is 0 Å². The molecular formula is C9H11F3. The fraction of sp³-hybridized carbons (Fsp3) is 0.333. The van der Waals surface area contributed by atoms with E-state index in [9.17, 15) is 13.2 Å². The Kier molecular flexibility index (Phi) is 4.40. The minimum Gasteiger partial charge on any atom is -0.171 e. The number of hydrogen-bond acceptors (Lipinski definition) is 0. The lowest BCUT2D eigenvalue weighted by molar-refractivity contribution is -0.133. The lowest BCUT2D eigenvalue weighted by atomic mass is 10.1. The second kappa shape index (κ2) is 4.80. The highest BCUT2D eigenvalue weighted by atomic mass is 19.4. The van der Waals surface area contributed by atoms with Crippen molar-refractivity contribution < 1.29 is 13.2 Å². The molecule has 3 heteroatoms. The predicted molar refractivity (Wildman–Crippen MR) is 43.8 cm³/mol. The third-order valence-electron chi connectivity index (χ3n) is 1.29. The minimum atomic E-state index is -4.09. The number of allylic oxidation sites excluding steroid dienone is 4. The molecule has 0 saturated heterocycles. The van der Waals surface area contributed by atoms with Crippen LogP contribution >= 0.6 is 0 Å². The van der Waals surface area contributed by atoms with Gasteiger partial charge >= 0.3 is 6.18 Å². The Hall–Kier alpha value is -0.990. The maximum Gasteiger partial charge on any atom is 0.389 e. The standard InChI is InChI=1S/C9H11F3/c1-3-5-8(4-2)6-7-9(10,11)12/h3-5H,1-2,6-7H2/b8-5+. The van der Waals surface area contributed by atoms with Crippen LogP contribution in [0.15, 0.2) is 37.0 Å². The Bertz CT molecular complexity index is 186. The fourth-order valence-electron chi connectivity index (χ4n) is 0.691. The molecule has 0 aliphatic carbocycles. The second-order valence-electron chi connectivity index (χ2n) is 2.30. The van der Waals surface area contributed by atoms with Gasteiger partial charge in [-0.25, -0.2) is 0 Å². The third kappa shape index (κ3) is 5.77. The van der Waals surface area contributed by atoms with E-state index in [0.717, 1.165) is 0 Å². The fourth-order valence-corrected chi connectivity index (χ4v) is 0.691. The highest BCUT2D eigenvalue weighted by molar-refractivity contribution is 5.20. The second-order valence-corrected chi connectivity index (χ2v) is 2.30. The van der Waals surface area contributed by atoms with Crippen molar-refractivity contribution in [2.45, 2.75) is 19.0 Å². The van der Waals surface area contributed by atoms with Gasteiger partial charge in [-0.1, -0.05) is 31.4 Å². The van der Waals surface area contributed by atoms with Gasteiger partial charge in [0.25, 0.3) is 0 Å². The first kappa shape index (κ1) is 11.0. The highest BCUT2D eigenvalue weighted by Crippen LogP contribution is 2.24. The van der Waals surface area contributed by atoms with E-state index in [0.29, 0.717) is 5.57 Å². The Morgan fingerprint density at radius 2 is 1.83 bits per heavy atom. The van der Waals surface area contributed by atoms with Crippen LogP contribution in [0.3, 0.4) is 0 Å². The molecule has 0 aromatic carbocycles. The zero-order valence-corrected chi connectivity index (χ0v) is 6.69. The van der Waals surface area contributed by atoms with Crippen LogP contribution < -0.4 is 0 Å². The van der Waals surface area contributed by atoms with Crippen molar-refractivity contribution in [1.82, 2.24) is 0 Å². The Balaban J connectivity index is 3.98. The monoisotopic (exact) mass is 176 g/mol. The Morgan fingerprint density at radius 3 is 2.17 bits per heavy atom. The van der Waals surface area contributed by atoms with Gasteiger partial charge in [0, 0.05) is 6.42 Å². The lowest BCUT2D eigenvalue weighted by Gasteiger charge is -2.05. The summed E-state index contributed by atoms with van der Waals surface area (Å²) in [5.74, 6) is 0. The Labute approximate surface area is 70.1 Å². The third-order valence-corrected chi connectivity index (χ3v) is 1.29. The summed E-state index contributed by atoms with van der Waals surface area (Å²) in [5.41, 5.74) is 0.558. The molecule has 0 N–H and O–H groups in total. The van der Waals surface area contributed by atoms with E-state index in [1.807, 2.05) is 0 Å². The van der Waals surface area contributed by atoms with E-state index < -0.39 is 12.6 Å². The van der Waals surface area contributed by atoms with Gasteiger partial charge in [-0.3, -0.25) is 0 Å². The van der Waals surface area contributed by atoms with E-state index in [-0.39, 0.29) is 6.42 Å². The first-order valence-corrected chi connectivity index (χ1v) is 3.50. The molecule has 0 aliphatic heterocycles. The van der Waals surface area contributed by atoms with Crippen molar-refractivity contribution in [3.05, 3.63) is 37.0 Å². The van der Waals surface area contributed by atoms with E-state index >= 15 is 0 Å². The van der Waals surface area contributed by atoms with Crippen LogP contribution in [0.4, 0.5) is 13.2 Å². The van der Waals surface area contributed by atoms with Gasteiger partial charge in [0.05, 0.1) is 0 Å². The Morgan fingerprint density at radius 1 is 1.25 bits per heavy atom. The minimum absolute atomic E-state index is 0.0288. The molecule has 0 fully saturated rings. The van der Waals surface area contributed by atoms with Gasteiger partial charge in [-0.15, -0.1) is 0 Å². The molecule has 0 aliphatic rings. The van der Waals surface area contributed by atoms with Crippen LogP contribution in [0.5, 0.6) is 0 Å². The quantitative estimate of drug-likeness (QED) is 0.574. The molecule has 0 aromatic rings. The maximum absolute atomic E-state index is 11.7. The van der Waals surface area contributed by atoms with Crippen LogP contribution in [-0.2, 0) is 0 Å². The molecule has 12 heavy (non-hydrogen) atoms. The van der Waals surface area contributed by atoms with E-state index in [1.165, 1.54) is 18.2 Å². The summed E-state index contributed by atoms with van der Waals surface area (Å²) < 4.78 is 35.1. The molecule has 0 unspecified atom stereocenters. The van der Waals surface area contributed by atoms with Crippen molar-refractivity contribution in [3.63, 3.8) is 0 Å². The summed E-state index contributed by atoms with van der Waals surface area (Å²) in [6.07, 6.45) is -0.541. The van der Waals surface area contributed by atoms with Gasteiger partial charge < -0.3 is 0 Å². The first-order valence-electron chi connectivity index (χ1n) is 3.50. The topological polar surface area (TPSA) is 0 Å². The molecule has 0 heterocycles. The molecule has 0 amide bonds. The molecule has 0 saturated carbocycles. The van der Waals surface area contributed by atoms with Crippen molar-refractivity contribution in [3.8, 4) is 0 Å². The van der Waals surface area contributed by atoms with Gasteiger partial charge in [-0.2, -0.15) is 13.2 Å². The summed E-state index contributed by atoms with van der Waals surface area (Å²) >= 11 is 0. The summed E-state index contributed by atoms with van der Waals surface area (Å²) in [5, 5.41) is 0. The van der Waals surface area contributed by atoms with Crippen LogP contribution in [0.2, 0.25) is 0 Å². The zero-order chi connectivity index (χ0) is 9.61. The summed E-state index contributed by atoms with van der Waals surface area (Å²) in [6.45, 7) is 6.78. The predicted octanol–water partition coefficient (Wildman–Crippen LogP) is 3.63. The maximum atomic E-state index is 11.7. The van der Waals surface area contributed by atoms with Crippen LogP contribution in [0, 0.1) is 0 Å². The average molecular weight is 176 g/mol. The molecule has 0 rings (SSSR count). The van der Waals surface area contributed by atoms with Crippen LogP contribution in [0.1, 0.15) is 12.8 Å². The molecule has 0 aromatic heterocycles. The largest absolute Gasteiger partial charge is 0.389 e. The van der Waals surface area contributed by atoms with Gasteiger partial charge in [0.2, 0.25) is 0 Å². The van der Waals surface area contributed by atoms with Crippen LogP contribution in [0.25, 0.3) is 0 Å². The molecule has 0 nitrogen and oxygen atoms in total. The molecule has 0 atom stereocenters. The molecular weight excluding hydrogens is 165 g/mol. The highest BCUT2D eigenvalue weighted by Gasteiger charge is 2.26. The molecule has 0 radical (unpaired) electrons. The SMILES string of the molecule is C=C/C=C(\C=C)CCC(F)(F)F. The van der Waals surface area contributed by atoms with E-state index in [1.54, 1.807) is 0 Å². The first-order chi connectivity index (χ1) is 5.49.